The molecule has 0 spiro atoms. The van der Waals surface area contributed by atoms with Crippen molar-refractivity contribution in [3.63, 3.8) is 0 Å². The van der Waals surface area contributed by atoms with Gasteiger partial charge in [-0.05, 0) is 45.2 Å². The molecule has 0 aliphatic carbocycles. The first kappa shape index (κ1) is 16.2. The predicted molar refractivity (Wildman–Crippen MR) is 78.7 cm³/mol. The van der Waals surface area contributed by atoms with Gasteiger partial charge in [0.25, 0.3) is 0 Å². The van der Waals surface area contributed by atoms with Crippen LogP contribution in [0.4, 0.5) is 4.79 Å². The molecule has 1 rings (SSSR count). The topological polar surface area (TPSA) is 55.4 Å². The molecule has 1 N–H and O–H groups in total. The largest absolute Gasteiger partial charge is 0.444 e. The fourth-order valence-electron chi connectivity index (χ4n) is 1.74. The van der Waals surface area contributed by atoms with Crippen molar-refractivity contribution in [2.45, 2.75) is 46.1 Å². The van der Waals surface area contributed by atoms with E-state index in [1.807, 2.05) is 31.2 Å². The Hall–Kier alpha value is -1.84. The predicted octanol–water partition coefficient (Wildman–Crippen LogP) is 3.02. The SMILES string of the molecule is Cc1ccccc1CCC(=O)CNC(=O)OC(C)(C)C. The van der Waals surface area contributed by atoms with E-state index in [9.17, 15) is 9.59 Å². The van der Waals surface area contributed by atoms with Crippen molar-refractivity contribution < 1.29 is 14.3 Å². The fourth-order valence-corrected chi connectivity index (χ4v) is 1.74. The van der Waals surface area contributed by atoms with Gasteiger partial charge in [-0.3, -0.25) is 4.79 Å². The third kappa shape index (κ3) is 6.36. The van der Waals surface area contributed by atoms with Crippen molar-refractivity contribution in [3.8, 4) is 0 Å². The van der Waals surface area contributed by atoms with Gasteiger partial charge < -0.3 is 10.1 Å². The molecule has 4 nitrogen and oxygen atoms in total. The summed E-state index contributed by atoms with van der Waals surface area (Å²) in [4.78, 5) is 23.1. The van der Waals surface area contributed by atoms with Crippen LogP contribution in [0.5, 0.6) is 0 Å². The molecule has 0 saturated heterocycles. The summed E-state index contributed by atoms with van der Waals surface area (Å²) in [5, 5.41) is 2.48. The Labute approximate surface area is 120 Å². The number of amides is 1. The zero-order valence-corrected chi connectivity index (χ0v) is 12.7. The third-order valence-corrected chi connectivity index (χ3v) is 2.76. The molecule has 1 amide bonds. The Kier molecular flexibility index (Phi) is 5.74. The molecular weight excluding hydrogens is 254 g/mol. The van der Waals surface area contributed by atoms with Crippen molar-refractivity contribution >= 4 is 11.9 Å². The maximum absolute atomic E-state index is 11.7. The molecule has 1 aromatic carbocycles. The van der Waals surface area contributed by atoms with Crippen LogP contribution in [0.2, 0.25) is 0 Å². The molecule has 20 heavy (non-hydrogen) atoms. The van der Waals surface area contributed by atoms with E-state index in [0.29, 0.717) is 12.8 Å². The first-order valence-corrected chi connectivity index (χ1v) is 6.81. The monoisotopic (exact) mass is 277 g/mol. The van der Waals surface area contributed by atoms with Gasteiger partial charge in [-0.2, -0.15) is 0 Å². The summed E-state index contributed by atoms with van der Waals surface area (Å²) >= 11 is 0. The van der Waals surface area contributed by atoms with Crippen LogP contribution in [0.25, 0.3) is 0 Å². The standard InChI is InChI=1S/C16H23NO3/c1-12-7-5-6-8-13(12)9-10-14(18)11-17-15(19)20-16(2,3)4/h5-8H,9-11H2,1-4H3,(H,17,19). The quantitative estimate of drug-likeness (QED) is 0.900. The van der Waals surface area contributed by atoms with Gasteiger partial charge in [-0.25, -0.2) is 4.79 Å². The number of Topliss-reactive ketones (excluding diaryl/α,β-unsaturated/α-hetero) is 1. The molecular formula is C16H23NO3. The van der Waals surface area contributed by atoms with E-state index in [-0.39, 0.29) is 12.3 Å². The number of ether oxygens (including phenoxy) is 1. The summed E-state index contributed by atoms with van der Waals surface area (Å²) in [6, 6.07) is 7.99. The van der Waals surface area contributed by atoms with Gasteiger partial charge in [0.2, 0.25) is 0 Å². The molecule has 0 saturated carbocycles. The van der Waals surface area contributed by atoms with Crippen LogP contribution >= 0.6 is 0 Å². The summed E-state index contributed by atoms with van der Waals surface area (Å²) in [6.45, 7) is 7.39. The number of carbonyl (C=O) groups is 2. The van der Waals surface area contributed by atoms with Crippen LogP contribution in [-0.4, -0.2) is 24.0 Å². The lowest BCUT2D eigenvalue weighted by Gasteiger charge is -2.19. The zero-order valence-electron chi connectivity index (χ0n) is 12.7. The summed E-state index contributed by atoms with van der Waals surface area (Å²) in [5.74, 6) is -0.000822. The number of hydrogen-bond donors (Lipinski definition) is 1. The molecule has 0 bridgehead atoms. The van der Waals surface area contributed by atoms with Crippen LogP contribution in [0.1, 0.15) is 38.3 Å². The maximum Gasteiger partial charge on any atom is 0.408 e. The molecule has 0 fully saturated rings. The van der Waals surface area contributed by atoms with Gasteiger partial charge in [0.1, 0.15) is 5.60 Å². The molecule has 0 heterocycles. The van der Waals surface area contributed by atoms with E-state index in [0.717, 1.165) is 5.56 Å². The minimum atomic E-state index is -0.554. The van der Waals surface area contributed by atoms with Gasteiger partial charge >= 0.3 is 6.09 Å². The first-order chi connectivity index (χ1) is 9.28. The molecule has 4 heteroatoms. The Balaban J connectivity index is 2.31. The number of benzene rings is 1. The highest BCUT2D eigenvalue weighted by Crippen LogP contribution is 2.09. The Morgan fingerprint density at radius 2 is 1.85 bits per heavy atom. The minimum Gasteiger partial charge on any atom is -0.444 e. The second-order valence-electron chi connectivity index (χ2n) is 5.82. The van der Waals surface area contributed by atoms with E-state index in [1.54, 1.807) is 20.8 Å². The summed E-state index contributed by atoms with van der Waals surface area (Å²) in [5.41, 5.74) is 1.80. The summed E-state index contributed by atoms with van der Waals surface area (Å²) < 4.78 is 5.07. The number of nitrogens with one attached hydrogen (secondary N) is 1. The van der Waals surface area contributed by atoms with Crippen molar-refractivity contribution in [1.82, 2.24) is 5.32 Å². The Bertz CT molecular complexity index is 475. The number of hydrogen-bond acceptors (Lipinski definition) is 3. The molecule has 0 aliphatic heterocycles. The fraction of sp³-hybridized carbons (Fsp3) is 0.500. The van der Waals surface area contributed by atoms with E-state index in [1.165, 1.54) is 5.56 Å². The normalized spacial score (nSPS) is 11.0. The van der Waals surface area contributed by atoms with Gasteiger partial charge in [0.15, 0.2) is 5.78 Å². The lowest BCUT2D eigenvalue weighted by atomic mass is 10.0. The van der Waals surface area contributed by atoms with Gasteiger partial charge in [-0.1, -0.05) is 24.3 Å². The highest BCUT2D eigenvalue weighted by molar-refractivity contribution is 5.84. The van der Waals surface area contributed by atoms with Gasteiger partial charge in [-0.15, -0.1) is 0 Å². The van der Waals surface area contributed by atoms with Gasteiger partial charge in [0, 0.05) is 6.42 Å². The first-order valence-electron chi connectivity index (χ1n) is 6.81. The van der Waals surface area contributed by atoms with Crippen molar-refractivity contribution in [2.24, 2.45) is 0 Å². The molecule has 0 unspecified atom stereocenters. The van der Waals surface area contributed by atoms with Crippen molar-refractivity contribution in [2.75, 3.05) is 6.54 Å². The summed E-state index contributed by atoms with van der Waals surface area (Å²) in [6.07, 6.45) is 0.559. The smallest absolute Gasteiger partial charge is 0.408 e. The number of carbonyl (C=O) groups excluding carboxylic acids is 2. The number of rotatable bonds is 5. The Morgan fingerprint density at radius 3 is 2.45 bits per heavy atom. The summed E-state index contributed by atoms with van der Waals surface area (Å²) in [7, 11) is 0. The van der Waals surface area contributed by atoms with E-state index in [4.69, 9.17) is 4.74 Å². The van der Waals surface area contributed by atoms with Crippen LogP contribution in [0.3, 0.4) is 0 Å². The lowest BCUT2D eigenvalue weighted by Crippen LogP contribution is -2.35. The highest BCUT2D eigenvalue weighted by atomic mass is 16.6. The van der Waals surface area contributed by atoms with Crippen LogP contribution in [0, 0.1) is 6.92 Å². The van der Waals surface area contributed by atoms with Crippen molar-refractivity contribution in [1.29, 1.82) is 0 Å². The maximum atomic E-state index is 11.7. The zero-order chi connectivity index (χ0) is 15.2. The van der Waals surface area contributed by atoms with Crippen LogP contribution in [-0.2, 0) is 16.0 Å². The number of aryl methyl sites for hydroxylation is 2. The average Bonchev–Trinajstić information content (AvgIpc) is 2.33. The molecule has 0 atom stereocenters. The average molecular weight is 277 g/mol. The Morgan fingerprint density at radius 1 is 1.20 bits per heavy atom. The molecule has 110 valence electrons. The lowest BCUT2D eigenvalue weighted by molar-refractivity contribution is -0.118. The minimum absolute atomic E-state index is 0.000822. The van der Waals surface area contributed by atoms with Crippen LogP contribution in [0.15, 0.2) is 24.3 Å². The molecule has 0 aromatic heterocycles. The number of ketones is 1. The molecule has 0 radical (unpaired) electrons. The molecule has 1 aromatic rings. The van der Waals surface area contributed by atoms with E-state index in [2.05, 4.69) is 5.32 Å². The van der Waals surface area contributed by atoms with E-state index >= 15 is 0 Å². The van der Waals surface area contributed by atoms with Gasteiger partial charge in [0.05, 0.1) is 6.54 Å². The van der Waals surface area contributed by atoms with Crippen LogP contribution < -0.4 is 5.32 Å². The van der Waals surface area contributed by atoms with Crippen molar-refractivity contribution in [3.05, 3.63) is 35.4 Å². The second-order valence-corrected chi connectivity index (χ2v) is 5.82. The molecule has 0 aliphatic rings. The second kappa shape index (κ2) is 7.08. The van der Waals surface area contributed by atoms with E-state index < -0.39 is 11.7 Å². The highest BCUT2D eigenvalue weighted by Gasteiger charge is 2.16. The number of alkyl carbamates (subject to hydrolysis) is 1. The third-order valence-electron chi connectivity index (χ3n) is 2.76.